The average Bonchev–Trinajstić information content (AvgIpc) is 2.65. The molecule has 0 bridgehead atoms. The molecule has 1 aliphatic rings. The zero-order valence-electron chi connectivity index (χ0n) is 9.24. The molecule has 92 valence electrons. The highest BCUT2D eigenvalue weighted by atomic mass is 35.5. The van der Waals surface area contributed by atoms with Crippen LogP contribution in [0.25, 0.3) is 0 Å². The molecule has 0 aromatic heterocycles. The quantitative estimate of drug-likeness (QED) is 0.780. The molecule has 0 saturated heterocycles. The summed E-state index contributed by atoms with van der Waals surface area (Å²) in [5.41, 5.74) is 0.494. The van der Waals surface area contributed by atoms with E-state index in [2.05, 4.69) is 6.92 Å². The van der Waals surface area contributed by atoms with E-state index in [-0.39, 0.29) is 7.43 Å². The second-order valence-corrected chi connectivity index (χ2v) is 4.73. The number of benzene rings is 1. The molecule has 0 radical (unpaired) electrons. The smallest absolute Gasteiger partial charge is 0.121 e. The fourth-order valence-electron chi connectivity index (χ4n) is 2.12. The monoisotopic (exact) mass is 251 g/mol. The number of halogens is 1. The lowest BCUT2D eigenvalue weighted by molar-refractivity contribution is 0.167. The predicted molar refractivity (Wildman–Crippen MR) is 70.3 cm³/mol. The Morgan fingerprint density at radius 3 is 2.71 bits per heavy atom. The summed E-state index contributed by atoms with van der Waals surface area (Å²) < 4.78 is 5.87. The van der Waals surface area contributed by atoms with E-state index in [0.29, 0.717) is 22.6 Å². The molecular formula is C14H18ClNO. The summed E-state index contributed by atoms with van der Waals surface area (Å²) in [5.74, 6) is 1.37. The van der Waals surface area contributed by atoms with Crippen LogP contribution in [0.4, 0.5) is 0 Å². The molecule has 0 aliphatic heterocycles. The summed E-state index contributed by atoms with van der Waals surface area (Å²) in [6.45, 7) is 2.21. The van der Waals surface area contributed by atoms with Gasteiger partial charge < -0.3 is 4.74 Å². The molecule has 2 rings (SSSR count). The van der Waals surface area contributed by atoms with Crippen LogP contribution in [0.2, 0.25) is 5.02 Å². The van der Waals surface area contributed by atoms with Gasteiger partial charge in [0.1, 0.15) is 17.9 Å². The Labute approximate surface area is 108 Å². The summed E-state index contributed by atoms with van der Waals surface area (Å²) >= 11 is 5.95. The van der Waals surface area contributed by atoms with E-state index < -0.39 is 0 Å². The molecule has 1 aromatic carbocycles. The van der Waals surface area contributed by atoms with E-state index in [9.17, 15) is 0 Å². The number of ether oxygens (including phenoxy) is 1. The second-order valence-electron chi connectivity index (χ2n) is 4.32. The SMILES string of the molecule is C.C[C@H]1CCC[C@@H]1Oc1ccc(C#N)c(Cl)c1. The Morgan fingerprint density at radius 1 is 1.41 bits per heavy atom. The fourth-order valence-corrected chi connectivity index (χ4v) is 2.33. The summed E-state index contributed by atoms with van der Waals surface area (Å²) in [7, 11) is 0. The van der Waals surface area contributed by atoms with Gasteiger partial charge in [-0.25, -0.2) is 0 Å². The average molecular weight is 252 g/mol. The van der Waals surface area contributed by atoms with Crippen LogP contribution in [-0.4, -0.2) is 6.10 Å². The van der Waals surface area contributed by atoms with Crippen molar-refractivity contribution in [2.24, 2.45) is 5.92 Å². The van der Waals surface area contributed by atoms with Crippen LogP contribution in [0.1, 0.15) is 39.2 Å². The van der Waals surface area contributed by atoms with Crippen LogP contribution in [0.15, 0.2) is 18.2 Å². The van der Waals surface area contributed by atoms with E-state index in [1.165, 1.54) is 12.8 Å². The van der Waals surface area contributed by atoms with Gasteiger partial charge in [-0.05, 0) is 37.3 Å². The Hall–Kier alpha value is -1.20. The molecule has 1 aliphatic carbocycles. The summed E-state index contributed by atoms with van der Waals surface area (Å²) in [6.07, 6.45) is 3.87. The van der Waals surface area contributed by atoms with Crippen molar-refractivity contribution in [3.63, 3.8) is 0 Å². The first-order valence-electron chi connectivity index (χ1n) is 5.57. The maximum absolute atomic E-state index is 8.76. The van der Waals surface area contributed by atoms with Gasteiger partial charge >= 0.3 is 0 Å². The minimum Gasteiger partial charge on any atom is -0.490 e. The van der Waals surface area contributed by atoms with E-state index in [1.807, 2.05) is 12.1 Å². The van der Waals surface area contributed by atoms with E-state index >= 15 is 0 Å². The Bertz CT molecular complexity index is 425. The molecule has 0 N–H and O–H groups in total. The minimum absolute atomic E-state index is 0. The Morgan fingerprint density at radius 2 is 2.18 bits per heavy atom. The predicted octanol–water partition coefficient (Wildman–Crippen LogP) is 4.42. The standard InChI is InChI=1S/C13H14ClNO.CH4/c1-9-3-2-4-13(9)16-11-6-5-10(8-15)12(14)7-11;/h5-7,9,13H,2-4H2,1H3;1H4/t9-,13-;/m0./s1. The highest BCUT2D eigenvalue weighted by Gasteiger charge is 2.25. The van der Waals surface area contributed by atoms with Crippen molar-refractivity contribution in [1.29, 1.82) is 5.26 Å². The van der Waals surface area contributed by atoms with E-state index in [1.54, 1.807) is 12.1 Å². The van der Waals surface area contributed by atoms with E-state index in [4.69, 9.17) is 21.6 Å². The molecule has 3 heteroatoms. The molecular weight excluding hydrogens is 234 g/mol. The maximum Gasteiger partial charge on any atom is 0.121 e. The fraction of sp³-hybridized carbons (Fsp3) is 0.500. The highest BCUT2D eigenvalue weighted by Crippen LogP contribution is 2.30. The molecule has 1 aromatic rings. The number of nitriles is 1. The lowest BCUT2D eigenvalue weighted by Crippen LogP contribution is -2.18. The first-order valence-corrected chi connectivity index (χ1v) is 5.95. The molecule has 0 amide bonds. The first-order chi connectivity index (χ1) is 7.70. The van der Waals surface area contributed by atoms with Crippen LogP contribution in [0.3, 0.4) is 0 Å². The lowest BCUT2D eigenvalue weighted by atomic mass is 10.1. The third-order valence-corrected chi connectivity index (χ3v) is 3.44. The van der Waals surface area contributed by atoms with Crippen molar-refractivity contribution in [1.82, 2.24) is 0 Å². The molecule has 2 nitrogen and oxygen atoms in total. The van der Waals surface area contributed by atoms with Gasteiger partial charge in [0.25, 0.3) is 0 Å². The van der Waals surface area contributed by atoms with Crippen LogP contribution < -0.4 is 4.74 Å². The molecule has 2 atom stereocenters. The van der Waals surface area contributed by atoms with Gasteiger partial charge in [-0.15, -0.1) is 0 Å². The normalized spacial score (nSPS) is 22.6. The largest absolute Gasteiger partial charge is 0.490 e. The summed E-state index contributed by atoms with van der Waals surface area (Å²) in [5, 5.41) is 9.22. The molecule has 0 heterocycles. The molecule has 0 unspecified atom stereocenters. The first kappa shape index (κ1) is 13.9. The topological polar surface area (TPSA) is 33.0 Å². The van der Waals surface area contributed by atoms with Gasteiger partial charge in [0, 0.05) is 6.07 Å². The number of hydrogen-bond acceptors (Lipinski definition) is 2. The van der Waals surface area contributed by atoms with Gasteiger partial charge in [-0.3, -0.25) is 0 Å². The molecule has 1 fully saturated rings. The van der Waals surface area contributed by atoms with Crippen molar-refractivity contribution in [3.8, 4) is 11.8 Å². The third-order valence-electron chi connectivity index (χ3n) is 3.13. The zero-order chi connectivity index (χ0) is 11.5. The van der Waals surface area contributed by atoms with Crippen LogP contribution in [0.5, 0.6) is 5.75 Å². The molecule has 17 heavy (non-hydrogen) atoms. The van der Waals surface area contributed by atoms with Crippen LogP contribution >= 0.6 is 11.6 Å². The van der Waals surface area contributed by atoms with Gasteiger partial charge in [0.2, 0.25) is 0 Å². The van der Waals surface area contributed by atoms with Crippen molar-refractivity contribution in [2.75, 3.05) is 0 Å². The number of hydrogen-bond donors (Lipinski definition) is 0. The zero-order valence-corrected chi connectivity index (χ0v) is 10.00. The van der Waals surface area contributed by atoms with Crippen molar-refractivity contribution in [3.05, 3.63) is 28.8 Å². The number of rotatable bonds is 2. The highest BCUT2D eigenvalue weighted by molar-refractivity contribution is 6.31. The Kier molecular flexibility index (Phi) is 4.84. The van der Waals surface area contributed by atoms with Crippen molar-refractivity contribution >= 4 is 11.6 Å². The second kappa shape index (κ2) is 5.93. The summed E-state index contributed by atoms with van der Waals surface area (Å²) in [4.78, 5) is 0. The maximum atomic E-state index is 8.76. The minimum atomic E-state index is 0. The van der Waals surface area contributed by atoms with Gasteiger partial charge in [-0.1, -0.05) is 26.0 Å². The Balaban J connectivity index is 0.00000144. The lowest BCUT2D eigenvalue weighted by Gasteiger charge is -2.18. The van der Waals surface area contributed by atoms with Crippen molar-refractivity contribution < 1.29 is 4.74 Å². The van der Waals surface area contributed by atoms with Gasteiger partial charge in [0.05, 0.1) is 10.6 Å². The van der Waals surface area contributed by atoms with Crippen molar-refractivity contribution in [2.45, 2.75) is 39.7 Å². The van der Waals surface area contributed by atoms with Gasteiger partial charge in [-0.2, -0.15) is 5.26 Å². The van der Waals surface area contributed by atoms with Crippen LogP contribution in [0, 0.1) is 17.2 Å². The van der Waals surface area contributed by atoms with E-state index in [0.717, 1.165) is 12.2 Å². The van der Waals surface area contributed by atoms with Gasteiger partial charge in [0.15, 0.2) is 0 Å². The molecule has 0 spiro atoms. The molecule has 1 saturated carbocycles. The summed E-state index contributed by atoms with van der Waals surface area (Å²) in [6, 6.07) is 7.29. The third kappa shape index (κ3) is 3.14. The number of nitrogens with zero attached hydrogens (tertiary/aromatic N) is 1. The van der Waals surface area contributed by atoms with Crippen LogP contribution in [-0.2, 0) is 0 Å².